The number of carbonyl (C=O) groups is 1. The summed E-state index contributed by atoms with van der Waals surface area (Å²) in [7, 11) is 1.48. The fourth-order valence-corrected chi connectivity index (χ4v) is 4.82. The molecular weight excluding hydrogens is 420 g/mol. The van der Waals surface area contributed by atoms with E-state index in [2.05, 4.69) is 15.3 Å². The van der Waals surface area contributed by atoms with Crippen molar-refractivity contribution in [3.63, 3.8) is 0 Å². The summed E-state index contributed by atoms with van der Waals surface area (Å²) in [5, 5.41) is 15.0. The highest BCUT2D eigenvalue weighted by Crippen LogP contribution is 2.38. The number of esters is 1. The summed E-state index contributed by atoms with van der Waals surface area (Å²) >= 11 is 1.26. The maximum atomic E-state index is 12.8. The van der Waals surface area contributed by atoms with Crippen LogP contribution in [0.1, 0.15) is 47.3 Å². The molecule has 0 bridgehead atoms. The third-order valence-corrected chi connectivity index (χ3v) is 6.56. The number of methoxy groups -OCH3 is 1. The minimum absolute atomic E-state index is 0.0383. The Bertz CT molecular complexity index is 1140. The number of aromatic nitrogens is 2. The second-order valence-corrected chi connectivity index (χ2v) is 8.39. The van der Waals surface area contributed by atoms with Gasteiger partial charge in [-0.05, 0) is 44.2 Å². The normalized spacial score (nSPS) is 14.4. The fraction of sp³-hybridized carbons (Fsp3) is 0.381. The number of non-ortho nitro benzene ring substituents is 1. The molecule has 2 heterocycles. The lowest BCUT2D eigenvalue weighted by molar-refractivity contribution is -0.384. The van der Waals surface area contributed by atoms with Crippen molar-refractivity contribution in [2.75, 3.05) is 12.4 Å². The summed E-state index contributed by atoms with van der Waals surface area (Å²) in [4.78, 5) is 33.3. The van der Waals surface area contributed by atoms with Crippen molar-refractivity contribution in [2.24, 2.45) is 0 Å². The van der Waals surface area contributed by atoms with Gasteiger partial charge >= 0.3 is 5.97 Å². The van der Waals surface area contributed by atoms with Crippen LogP contribution in [0.15, 0.2) is 24.5 Å². The maximum Gasteiger partial charge on any atom is 0.348 e. The average molecular weight is 442 g/mol. The molecule has 1 fully saturated rings. The van der Waals surface area contributed by atoms with Gasteiger partial charge in [0.25, 0.3) is 5.69 Å². The van der Waals surface area contributed by atoms with Gasteiger partial charge in [-0.3, -0.25) is 10.1 Å². The minimum atomic E-state index is -0.477. The van der Waals surface area contributed by atoms with Crippen LogP contribution in [0.5, 0.6) is 5.75 Å². The summed E-state index contributed by atoms with van der Waals surface area (Å²) in [6.45, 7) is 1.83. The van der Waals surface area contributed by atoms with Crippen LogP contribution < -0.4 is 10.1 Å². The van der Waals surface area contributed by atoms with Crippen molar-refractivity contribution in [2.45, 2.75) is 45.1 Å². The average Bonchev–Trinajstić information content (AvgIpc) is 3.12. The van der Waals surface area contributed by atoms with Crippen LogP contribution in [0.2, 0.25) is 0 Å². The maximum absolute atomic E-state index is 12.8. The Morgan fingerprint density at radius 2 is 2.03 bits per heavy atom. The highest BCUT2D eigenvalue weighted by molar-refractivity contribution is 7.20. The first-order valence-electron chi connectivity index (χ1n) is 10.0. The van der Waals surface area contributed by atoms with Gasteiger partial charge in [-0.15, -0.1) is 11.3 Å². The predicted octanol–water partition coefficient (Wildman–Crippen LogP) is 5.15. The Balaban J connectivity index is 1.68. The van der Waals surface area contributed by atoms with Crippen molar-refractivity contribution < 1.29 is 19.2 Å². The molecule has 2 aromatic heterocycles. The number of benzene rings is 1. The highest BCUT2D eigenvalue weighted by atomic mass is 32.1. The lowest BCUT2D eigenvalue weighted by Crippen LogP contribution is -2.20. The van der Waals surface area contributed by atoms with E-state index in [1.165, 1.54) is 49.4 Å². The number of nitrogens with zero attached hydrogens (tertiary/aromatic N) is 3. The molecular formula is C21H22N4O5S. The van der Waals surface area contributed by atoms with E-state index in [0.717, 1.165) is 25.7 Å². The predicted molar refractivity (Wildman–Crippen MR) is 117 cm³/mol. The van der Waals surface area contributed by atoms with Crippen LogP contribution in [-0.2, 0) is 4.74 Å². The zero-order valence-corrected chi connectivity index (χ0v) is 18.0. The topological polar surface area (TPSA) is 116 Å². The zero-order valence-electron chi connectivity index (χ0n) is 17.2. The van der Waals surface area contributed by atoms with Crippen LogP contribution in [0.4, 0.5) is 17.2 Å². The van der Waals surface area contributed by atoms with Crippen molar-refractivity contribution in [3.05, 3.63) is 45.1 Å². The molecule has 0 amide bonds. The summed E-state index contributed by atoms with van der Waals surface area (Å²) in [5.41, 5.74) is 1.04. The second-order valence-electron chi connectivity index (χ2n) is 7.39. The van der Waals surface area contributed by atoms with E-state index in [0.29, 0.717) is 37.9 Å². The second kappa shape index (κ2) is 8.84. The molecule has 162 valence electrons. The fourth-order valence-electron chi connectivity index (χ4n) is 3.78. The van der Waals surface area contributed by atoms with Gasteiger partial charge in [-0.1, -0.05) is 6.42 Å². The lowest BCUT2D eigenvalue weighted by atomic mass is 9.98. The van der Waals surface area contributed by atoms with Crippen molar-refractivity contribution in [1.82, 2.24) is 9.97 Å². The van der Waals surface area contributed by atoms with Gasteiger partial charge in [0.15, 0.2) is 0 Å². The number of anilines is 2. The van der Waals surface area contributed by atoms with Gasteiger partial charge in [-0.25, -0.2) is 14.8 Å². The molecule has 3 aromatic rings. The van der Waals surface area contributed by atoms with Gasteiger partial charge in [0.05, 0.1) is 23.1 Å². The van der Waals surface area contributed by atoms with Gasteiger partial charge in [0.2, 0.25) is 0 Å². The third-order valence-electron chi connectivity index (χ3n) is 5.39. The number of carbonyl (C=O) groups excluding carboxylic acids is 1. The van der Waals surface area contributed by atoms with E-state index in [9.17, 15) is 14.9 Å². The molecule has 1 aromatic carbocycles. The van der Waals surface area contributed by atoms with E-state index in [-0.39, 0.29) is 17.8 Å². The van der Waals surface area contributed by atoms with Crippen LogP contribution >= 0.6 is 11.3 Å². The third kappa shape index (κ3) is 4.29. The van der Waals surface area contributed by atoms with Gasteiger partial charge in [0.1, 0.15) is 33.7 Å². The first-order chi connectivity index (χ1) is 15.0. The SMILES string of the molecule is COc1ccc([N+](=O)[O-])cc1Nc1ncnc2sc(C(=O)OC3CCCCC3)c(C)c12. The number of nitro groups is 1. The van der Waals surface area contributed by atoms with E-state index in [1.807, 2.05) is 6.92 Å². The molecule has 9 nitrogen and oxygen atoms in total. The van der Waals surface area contributed by atoms with E-state index < -0.39 is 4.92 Å². The molecule has 0 saturated heterocycles. The Morgan fingerprint density at radius 3 is 2.74 bits per heavy atom. The monoisotopic (exact) mass is 442 g/mol. The molecule has 1 aliphatic carbocycles. The van der Waals surface area contributed by atoms with Crippen LogP contribution in [0, 0.1) is 17.0 Å². The molecule has 1 saturated carbocycles. The van der Waals surface area contributed by atoms with Gasteiger partial charge in [-0.2, -0.15) is 0 Å². The number of nitro benzene ring substituents is 1. The number of ether oxygens (including phenoxy) is 2. The Hall–Kier alpha value is -3.27. The standard InChI is InChI=1S/C21H22N4O5S/c1-12-17-19(24-15-10-13(25(27)28)8-9-16(15)29-2)22-11-23-20(17)31-18(12)21(26)30-14-6-4-3-5-7-14/h8-11,14H,3-7H2,1-2H3,(H,22,23,24). The summed E-state index contributed by atoms with van der Waals surface area (Å²) in [5.74, 6) is 0.530. The lowest BCUT2D eigenvalue weighted by Gasteiger charge is -2.21. The first-order valence-corrected chi connectivity index (χ1v) is 10.8. The zero-order chi connectivity index (χ0) is 22.0. The van der Waals surface area contributed by atoms with Gasteiger partial charge in [0, 0.05) is 12.1 Å². The van der Waals surface area contributed by atoms with E-state index in [4.69, 9.17) is 9.47 Å². The number of nitrogens with one attached hydrogen (secondary N) is 1. The van der Waals surface area contributed by atoms with Crippen LogP contribution in [0.3, 0.4) is 0 Å². The van der Waals surface area contributed by atoms with Crippen LogP contribution in [0.25, 0.3) is 10.2 Å². The van der Waals surface area contributed by atoms with Crippen molar-refractivity contribution in [1.29, 1.82) is 0 Å². The molecule has 10 heteroatoms. The molecule has 1 aliphatic rings. The molecule has 0 atom stereocenters. The Labute approximate surface area is 182 Å². The molecule has 0 spiro atoms. The number of thiophene rings is 1. The van der Waals surface area contributed by atoms with Gasteiger partial charge < -0.3 is 14.8 Å². The minimum Gasteiger partial charge on any atom is -0.495 e. The number of rotatable bonds is 6. The van der Waals surface area contributed by atoms with Crippen molar-refractivity contribution in [3.8, 4) is 5.75 Å². The Kier molecular flexibility index (Phi) is 5.99. The molecule has 1 N–H and O–H groups in total. The van der Waals surface area contributed by atoms with Crippen molar-refractivity contribution >= 4 is 44.7 Å². The largest absolute Gasteiger partial charge is 0.495 e. The summed E-state index contributed by atoms with van der Waals surface area (Å²) in [6, 6.07) is 4.27. The number of hydrogen-bond donors (Lipinski definition) is 1. The number of fused-ring (bicyclic) bond motifs is 1. The first kappa shape index (κ1) is 21.0. The number of aryl methyl sites for hydroxylation is 1. The quantitative estimate of drug-likeness (QED) is 0.316. The molecule has 0 radical (unpaired) electrons. The van der Waals surface area contributed by atoms with E-state index in [1.54, 1.807) is 0 Å². The Morgan fingerprint density at radius 1 is 1.26 bits per heavy atom. The summed E-state index contributed by atoms with van der Waals surface area (Å²) < 4.78 is 11.1. The smallest absolute Gasteiger partial charge is 0.348 e. The number of hydrogen-bond acceptors (Lipinski definition) is 9. The molecule has 4 rings (SSSR count). The molecule has 0 aliphatic heterocycles. The molecule has 31 heavy (non-hydrogen) atoms. The molecule has 0 unspecified atom stereocenters. The summed E-state index contributed by atoms with van der Waals surface area (Å²) in [6.07, 6.45) is 6.48. The highest BCUT2D eigenvalue weighted by Gasteiger charge is 2.24. The van der Waals surface area contributed by atoms with Crippen LogP contribution in [-0.4, -0.2) is 34.1 Å². The van der Waals surface area contributed by atoms with E-state index >= 15 is 0 Å².